The summed E-state index contributed by atoms with van der Waals surface area (Å²) in [6.07, 6.45) is 2.68. The maximum Gasteiger partial charge on any atom is 0.265 e. The summed E-state index contributed by atoms with van der Waals surface area (Å²) in [4.78, 5) is 29.5. The summed E-state index contributed by atoms with van der Waals surface area (Å²) in [5.41, 5.74) is 0.201. The maximum atomic E-state index is 13.3. The number of benzene rings is 1. The summed E-state index contributed by atoms with van der Waals surface area (Å²) in [6.45, 7) is 2.17. The molecule has 0 fully saturated rings. The first-order valence-electron chi connectivity index (χ1n) is 8.51. The fraction of sp³-hybridized carbons (Fsp3) is 0.263. The van der Waals surface area contributed by atoms with E-state index in [9.17, 15) is 19.1 Å². The fourth-order valence-electron chi connectivity index (χ4n) is 3.47. The SMILES string of the molecule is C[C@@H]1CCc2c(sc3[nH]c(=O)c(C(=O)Nc4ccc(F)c(Cl)c4)c(O)c23)C1. The summed E-state index contributed by atoms with van der Waals surface area (Å²) in [5, 5.41) is 13.6. The molecular weight excluding hydrogens is 391 g/mol. The molecule has 5 nitrogen and oxygen atoms in total. The number of carbonyl (C=O) groups excluding carboxylic acids is 1. The maximum absolute atomic E-state index is 13.3. The van der Waals surface area contributed by atoms with Crippen molar-refractivity contribution in [3.63, 3.8) is 0 Å². The lowest BCUT2D eigenvalue weighted by molar-refractivity contribution is 0.102. The number of aryl methyl sites for hydroxylation is 1. The number of rotatable bonds is 2. The van der Waals surface area contributed by atoms with Gasteiger partial charge in [-0.05, 0) is 48.9 Å². The molecule has 0 bridgehead atoms. The molecule has 2 aromatic heterocycles. The van der Waals surface area contributed by atoms with Gasteiger partial charge in [0.25, 0.3) is 11.5 Å². The number of aromatic amines is 1. The number of amides is 1. The van der Waals surface area contributed by atoms with Crippen molar-refractivity contribution in [2.75, 3.05) is 5.32 Å². The van der Waals surface area contributed by atoms with Crippen molar-refractivity contribution < 1.29 is 14.3 Å². The number of thiophene rings is 1. The van der Waals surface area contributed by atoms with Crippen LogP contribution < -0.4 is 10.9 Å². The number of H-pyrrole nitrogens is 1. The number of anilines is 1. The van der Waals surface area contributed by atoms with Crippen LogP contribution in [0.2, 0.25) is 5.02 Å². The number of nitrogens with one attached hydrogen (secondary N) is 2. The van der Waals surface area contributed by atoms with Crippen LogP contribution in [-0.4, -0.2) is 16.0 Å². The highest BCUT2D eigenvalue weighted by Crippen LogP contribution is 2.41. The molecule has 0 saturated carbocycles. The average molecular weight is 407 g/mol. The Morgan fingerprint density at radius 1 is 1.44 bits per heavy atom. The Morgan fingerprint density at radius 2 is 2.22 bits per heavy atom. The summed E-state index contributed by atoms with van der Waals surface area (Å²) in [6, 6.07) is 3.69. The van der Waals surface area contributed by atoms with E-state index >= 15 is 0 Å². The Bertz CT molecular complexity index is 1140. The van der Waals surface area contributed by atoms with Crippen molar-refractivity contribution in [1.82, 2.24) is 4.98 Å². The van der Waals surface area contributed by atoms with Crippen LogP contribution in [0.15, 0.2) is 23.0 Å². The molecule has 1 aromatic carbocycles. The predicted octanol–water partition coefficient (Wildman–Crippen LogP) is 4.46. The third kappa shape index (κ3) is 3.11. The molecule has 2 heterocycles. The van der Waals surface area contributed by atoms with Crippen LogP contribution in [0, 0.1) is 11.7 Å². The topological polar surface area (TPSA) is 82.2 Å². The summed E-state index contributed by atoms with van der Waals surface area (Å²) in [5.74, 6) is -1.16. The van der Waals surface area contributed by atoms with E-state index < -0.39 is 17.3 Å². The molecule has 8 heteroatoms. The number of aromatic hydroxyl groups is 1. The number of carbonyl (C=O) groups is 1. The molecule has 140 valence electrons. The van der Waals surface area contributed by atoms with Gasteiger partial charge < -0.3 is 15.4 Å². The minimum Gasteiger partial charge on any atom is -0.506 e. The van der Waals surface area contributed by atoms with E-state index in [1.54, 1.807) is 0 Å². The predicted molar refractivity (Wildman–Crippen MR) is 105 cm³/mol. The van der Waals surface area contributed by atoms with E-state index in [0.717, 1.165) is 35.8 Å². The number of fused-ring (bicyclic) bond motifs is 3. The van der Waals surface area contributed by atoms with E-state index in [4.69, 9.17) is 11.6 Å². The molecule has 0 unspecified atom stereocenters. The largest absolute Gasteiger partial charge is 0.506 e. The Labute approximate surface area is 162 Å². The van der Waals surface area contributed by atoms with Gasteiger partial charge in [0.15, 0.2) is 0 Å². The van der Waals surface area contributed by atoms with Gasteiger partial charge in [0, 0.05) is 10.6 Å². The molecule has 1 atom stereocenters. The number of halogens is 2. The van der Waals surface area contributed by atoms with Gasteiger partial charge in [-0.15, -0.1) is 11.3 Å². The Hall–Kier alpha value is -2.38. The molecule has 0 radical (unpaired) electrons. The standard InChI is InChI=1S/C19H16ClFN2O3S/c1-8-2-4-10-13(6-8)27-19-14(10)16(24)15(18(26)23-19)17(25)22-9-3-5-12(21)11(20)7-9/h3,5,7-8H,2,4,6H2,1H3,(H,22,25)(H2,23,24,26)/t8-/m1/s1. The van der Waals surface area contributed by atoms with Gasteiger partial charge in [-0.1, -0.05) is 18.5 Å². The molecule has 4 rings (SSSR count). The van der Waals surface area contributed by atoms with Gasteiger partial charge in [-0.2, -0.15) is 0 Å². The number of aromatic nitrogens is 1. The molecule has 3 aromatic rings. The van der Waals surface area contributed by atoms with Crippen LogP contribution in [0.25, 0.3) is 10.2 Å². The van der Waals surface area contributed by atoms with E-state index in [1.807, 2.05) is 0 Å². The van der Waals surface area contributed by atoms with E-state index in [-0.39, 0.29) is 22.0 Å². The average Bonchev–Trinajstić information content (AvgIpc) is 2.95. The van der Waals surface area contributed by atoms with Gasteiger partial charge in [0.1, 0.15) is 22.0 Å². The highest BCUT2D eigenvalue weighted by molar-refractivity contribution is 7.18. The quantitative estimate of drug-likeness (QED) is 0.587. The lowest BCUT2D eigenvalue weighted by Crippen LogP contribution is -2.23. The molecule has 3 N–H and O–H groups in total. The van der Waals surface area contributed by atoms with Crippen molar-refractivity contribution in [3.8, 4) is 5.75 Å². The molecule has 0 spiro atoms. The van der Waals surface area contributed by atoms with Crippen LogP contribution in [0.4, 0.5) is 10.1 Å². The van der Waals surface area contributed by atoms with Gasteiger partial charge in [0.05, 0.1) is 10.4 Å². The minimum absolute atomic E-state index is 0.151. The van der Waals surface area contributed by atoms with Gasteiger partial charge in [0.2, 0.25) is 0 Å². The summed E-state index contributed by atoms with van der Waals surface area (Å²) >= 11 is 7.17. The lowest BCUT2D eigenvalue weighted by Gasteiger charge is -2.18. The highest BCUT2D eigenvalue weighted by atomic mass is 35.5. The molecule has 0 saturated heterocycles. The molecule has 27 heavy (non-hydrogen) atoms. The third-order valence-corrected chi connectivity index (χ3v) is 6.30. The Balaban J connectivity index is 1.78. The van der Waals surface area contributed by atoms with E-state index in [0.29, 0.717) is 16.1 Å². The number of pyridine rings is 1. The van der Waals surface area contributed by atoms with Gasteiger partial charge in [-0.25, -0.2) is 4.39 Å². The van der Waals surface area contributed by atoms with E-state index in [1.165, 1.54) is 23.5 Å². The molecular formula is C19H16ClFN2O3S. The second kappa shape index (κ2) is 6.65. The van der Waals surface area contributed by atoms with Crippen molar-refractivity contribution in [1.29, 1.82) is 0 Å². The summed E-state index contributed by atoms with van der Waals surface area (Å²) in [7, 11) is 0. The molecule has 0 aliphatic heterocycles. The minimum atomic E-state index is -0.776. The highest BCUT2D eigenvalue weighted by Gasteiger charge is 2.27. The van der Waals surface area contributed by atoms with Gasteiger partial charge in [-0.3, -0.25) is 9.59 Å². The fourth-order valence-corrected chi connectivity index (χ4v) is 5.05. The number of hydrogen-bond acceptors (Lipinski definition) is 4. The second-order valence-corrected chi connectivity index (χ2v) is 8.33. The van der Waals surface area contributed by atoms with Crippen LogP contribution in [0.1, 0.15) is 34.1 Å². The van der Waals surface area contributed by atoms with Crippen molar-refractivity contribution in [2.24, 2.45) is 5.92 Å². The first kappa shape index (κ1) is 18.0. The molecule has 1 aliphatic carbocycles. The lowest BCUT2D eigenvalue weighted by atomic mass is 9.89. The van der Waals surface area contributed by atoms with Crippen LogP contribution in [0.3, 0.4) is 0 Å². The normalized spacial score (nSPS) is 16.3. The van der Waals surface area contributed by atoms with Crippen molar-refractivity contribution in [2.45, 2.75) is 26.2 Å². The summed E-state index contributed by atoms with van der Waals surface area (Å²) < 4.78 is 13.3. The zero-order valence-electron chi connectivity index (χ0n) is 14.4. The monoisotopic (exact) mass is 406 g/mol. The zero-order chi connectivity index (χ0) is 19.3. The first-order chi connectivity index (χ1) is 12.8. The van der Waals surface area contributed by atoms with Gasteiger partial charge >= 0.3 is 0 Å². The zero-order valence-corrected chi connectivity index (χ0v) is 15.9. The molecule has 1 amide bonds. The van der Waals surface area contributed by atoms with Crippen molar-refractivity contribution >= 4 is 44.7 Å². The first-order valence-corrected chi connectivity index (χ1v) is 9.70. The van der Waals surface area contributed by atoms with Crippen LogP contribution in [0.5, 0.6) is 5.75 Å². The molecule has 1 aliphatic rings. The number of hydrogen-bond donors (Lipinski definition) is 3. The van der Waals surface area contributed by atoms with Crippen LogP contribution in [-0.2, 0) is 12.8 Å². The van der Waals surface area contributed by atoms with Crippen LogP contribution >= 0.6 is 22.9 Å². The smallest absolute Gasteiger partial charge is 0.265 e. The van der Waals surface area contributed by atoms with E-state index in [2.05, 4.69) is 17.2 Å². The van der Waals surface area contributed by atoms with Crippen molar-refractivity contribution in [3.05, 3.63) is 55.4 Å². The second-order valence-electron chi connectivity index (χ2n) is 6.82. The third-order valence-electron chi connectivity index (χ3n) is 4.84. The Morgan fingerprint density at radius 3 is 2.96 bits per heavy atom. The Kier molecular flexibility index (Phi) is 4.44.